The van der Waals surface area contributed by atoms with Crippen LogP contribution in [0, 0.1) is 5.92 Å². The van der Waals surface area contributed by atoms with Crippen LogP contribution in [0.4, 0.5) is 5.69 Å². The number of benzene rings is 3. The van der Waals surface area contributed by atoms with Gasteiger partial charge in [0.2, 0.25) is 15.9 Å². The van der Waals surface area contributed by atoms with Gasteiger partial charge in [-0.15, -0.1) is 0 Å². The van der Waals surface area contributed by atoms with E-state index in [0.29, 0.717) is 36.2 Å². The second-order valence-electron chi connectivity index (χ2n) is 7.75. The number of amides is 1. The highest BCUT2D eigenvalue weighted by Gasteiger charge is 2.33. The molecule has 0 radical (unpaired) electrons. The van der Waals surface area contributed by atoms with Gasteiger partial charge < -0.3 is 5.32 Å². The number of carbonyl (C=O) groups is 2. The maximum absolute atomic E-state index is 13.0. The van der Waals surface area contributed by atoms with Gasteiger partial charge in [0.05, 0.1) is 16.5 Å². The molecule has 1 heterocycles. The van der Waals surface area contributed by atoms with Crippen LogP contribution in [0.15, 0.2) is 89.8 Å². The van der Waals surface area contributed by atoms with Crippen molar-refractivity contribution in [1.82, 2.24) is 4.31 Å². The third-order valence-corrected chi connectivity index (χ3v) is 7.48. The van der Waals surface area contributed by atoms with Crippen molar-refractivity contribution < 1.29 is 18.0 Å². The summed E-state index contributed by atoms with van der Waals surface area (Å²) >= 11 is 0. The van der Waals surface area contributed by atoms with Crippen LogP contribution in [0.25, 0.3) is 0 Å². The summed E-state index contributed by atoms with van der Waals surface area (Å²) in [6.45, 7) is 0.488. The Hall–Kier alpha value is -3.29. The molecule has 1 atom stereocenters. The first-order chi connectivity index (χ1) is 15.5. The molecule has 4 rings (SSSR count). The first kappa shape index (κ1) is 21.9. The average Bonchev–Trinajstić information content (AvgIpc) is 2.85. The maximum Gasteiger partial charge on any atom is 0.243 e. The smallest absolute Gasteiger partial charge is 0.243 e. The van der Waals surface area contributed by atoms with E-state index in [9.17, 15) is 18.0 Å². The van der Waals surface area contributed by atoms with Gasteiger partial charge in [0.15, 0.2) is 5.78 Å². The predicted octanol–water partition coefficient (Wildman–Crippen LogP) is 3.96. The van der Waals surface area contributed by atoms with E-state index >= 15 is 0 Å². The molecule has 3 aromatic rings. The Morgan fingerprint density at radius 1 is 0.844 bits per heavy atom. The first-order valence-corrected chi connectivity index (χ1v) is 12.0. The highest BCUT2D eigenvalue weighted by molar-refractivity contribution is 7.89. The van der Waals surface area contributed by atoms with Crippen LogP contribution in [0.1, 0.15) is 28.8 Å². The predicted molar refractivity (Wildman–Crippen MR) is 123 cm³/mol. The minimum Gasteiger partial charge on any atom is -0.325 e. The first-order valence-electron chi connectivity index (χ1n) is 10.5. The van der Waals surface area contributed by atoms with Gasteiger partial charge >= 0.3 is 0 Å². The molecule has 1 fully saturated rings. The molecular weight excluding hydrogens is 424 g/mol. The molecule has 3 aromatic carbocycles. The number of hydrogen-bond acceptors (Lipinski definition) is 4. The molecule has 32 heavy (non-hydrogen) atoms. The Morgan fingerprint density at radius 2 is 1.47 bits per heavy atom. The average molecular weight is 449 g/mol. The molecule has 164 valence electrons. The third-order valence-electron chi connectivity index (χ3n) is 5.60. The standard InChI is InChI=1S/C25H24N2O4S/c28-24(19-10-3-1-4-11-19)22-15-7-8-16-23(22)26-25(29)20-12-9-17-27(18-20)32(30,31)21-13-5-2-6-14-21/h1-8,10-11,13-16,20H,9,12,17-18H2,(H,26,29)/t20-/m1/s1. The van der Waals surface area contributed by atoms with E-state index in [0.717, 1.165) is 0 Å². The molecule has 0 spiro atoms. The number of nitrogens with one attached hydrogen (secondary N) is 1. The molecule has 1 N–H and O–H groups in total. The Balaban J connectivity index is 1.51. The van der Waals surface area contributed by atoms with Crippen molar-refractivity contribution in [1.29, 1.82) is 0 Å². The number of hydrogen-bond donors (Lipinski definition) is 1. The lowest BCUT2D eigenvalue weighted by Crippen LogP contribution is -2.43. The second-order valence-corrected chi connectivity index (χ2v) is 9.68. The SMILES string of the molecule is O=C(c1ccccc1)c1ccccc1NC(=O)[C@@H]1CCCN(S(=O)(=O)c2ccccc2)C1. The summed E-state index contributed by atoms with van der Waals surface area (Å²) in [6.07, 6.45) is 1.18. The van der Waals surface area contributed by atoms with E-state index < -0.39 is 15.9 Å². The van der Waals surface area contributed by atoms with Gasteiger partial charge in [-0.05, 0) is 37.1 Å². The molecule has 1 amide bonds. The summed E-state index contributed by atoms with van der Waals surface area (Å²) in [5.74, 6) is -0.966. The molecule has 1 aliphatic rings. The monoisotopic (exact) mass is 448 g/mol. The number of carbonyl (C=O) groups excluding carboxylic acids is 2. The van der Waals surface area contributed by atoms with Crippen LogP contribution < -0.4 is 5.32 Å². The Bertz CT molecular complexity index is 1210. The van der Waals surface area contributed by atoms with Gasteiger partial charge in [-0.25, -0.2) is 8.42 Å². The van der Waals surface area contributed by atoms with E-state index in [1.165, 1.54) is 4.31 Å². The highest BCUT2D eigenvalue weighted by Crippen LogP contribution is 2.26. The fraction of sp³-hybridized carbons (Fsp3) is 0.200. The van der Waals surface area contributed by atoms with Crippen LogP contribution in [0.5, 0.6) is 0 Å². The topological polar surface area (TPSA) is 83.6 Å². The van der Waals surface area contributed by atoms with Gasteiger partial charge in [0.25, 0.3) is 0 Å². The lowest BCUT2D eigenvalue weighted by atomic mass is 9.97. The molecule has 0 saturated carbocycles. The van der Waals surface area contributed by atoms with Gasteiger partial charge in [0, 0.05) is 24.2 Å². The molecule has 1 aliphatic heterocycles. The number of anilines is 1. The fourth-order valence-electron chi connectivity index (χ4n) is 3.89. The summed E-state index contributed by atoms with van der Waals surface area (Å²) in [5.41, 5.74) is 1.36. The van der Waals surface area contributed by atoms with Crippen LogP contribution in [-0.4, -0.2) is 37.5 Å². The number of para-hydroxylation sites is 1. The fourth-order valence-corrected chi connectivity index (χ4v) is 5.43. The van der Waals surface area contributed by atoms with Crippen LogP contribution in [0.2, 0.25) is 0 Å². The zero-order valence-electron chi connectivity index (χ0n) is 17.5. The van der Waals surface area contributed by atoms with Crippen molar-refractivity contribution in [3.05, 3.63) is 96.1 Å². The Morgan fingerprint density at radius 3 is 2.19 bits per heavy atom. The summed E-state index contributed by atoms with van der Waals surface area (Å²) < 4.78 is 27.3. The van der Waals surface area contributed by atoms with E-state index in [1.54, 1.807) is 78.9 Å². The van der Waals surface area contributed by atoms with Crippen molar-refractivity contribution in [2.75, 3.05) is 18.4 Å². The number of sulfonamides is 1. The zero-order valence-corrected chi connectivity index (χ0v) is 18.3. The summed E-state index contributed by atoms with van der Waals surface area (Å²) in [4.78, 5) is 26.2. The van der Waals surface area contributed by atoms with Crippen molar-refractivity contribution >= 4 is 27.4 Å². The number of nitrogens with zero attached hydrogens (tertiary/aromatic N) is 1. The van der Waals surface area contributed by atoms with Crippen LogP contribution in [-0.2, 0) is 14.8 Å². The largest absolute Gasteiger partial charge is 0.325 e. The van der Waals surface area contributed by atoms with E-state index in [1.807, 2.05) is 6.07 Å². The second kappa shape index (κ2) is 9.46. The van der Waals surface area contributed by atoms with Crippen molar-refractivity contribution in [2.24, 2.45) is 5.92 Å². The van der Waals surface area contributed by atoms with Gasteiger partial charge in [-0.2, -0.15) is 4.31 Å². The molecule has 6 nitrogen and oxygen atoms in total. The zero-order chi connectivity index (χ0) is 22.6. The molecule has 0 aliphatic carbocycles. The van der Waals surface area contributed by atoms with Crippen LogP contribution in [0.3, 0.4) is 0 Å². The minimum absolute atomic E-state index is 0.109. The van der Waals surface area contributed by atoms with Crippen molar-refractivity contribution in [2.45, 2.75) is 17.7 Å². The lowest BCUT2D eigenvalue weighted by molar-refractivity contribution is -0.120. The third kappa shape index (κ3) is 4.64. The summed E-state index contributed by atoms with van der Waals surface area (Å²) in [5, 5.41) is 2.86. The molecular formula is C25H24N2O4S. The maximum atomic E-state index is 13.0. The van der Waals surface area contributed by atoms with Crippen molar-refractivity contribution in [3.8, 4) is 0 Å². The minimum atomic E-state index is -3.66. The molecule has 0 aromatic heterocycles. The van der Waals surface area contributed by atoms with E-state index in [2.05, 4.69) is 5.32 Å². The quantitative estimate of drug-likeness (QED) is 0.579. The number of rotatable bonds is 6. The summed E-state index contributed by atoms with van der Waals surface area (Å²) in [6, 6.07) is 24.0. The highest BCUT2D eigenvalue weighted by atomic mass is 32.2. The number of ketones is 1. The Labute approximate surface area is 187 Å². The van der Waals surface area contributed by atoms with Gasteiger partial charge in [-0.1, -0.05) is 60.7 Å². The summed E-state index contributed by atoms with van der Waals surface area (Å²) in [7, 11) is -3.66. The normalized spacial score (nSPS) is 16.9. The van der Waals surface area contributed by atoms with E-state index in [4.69, 9.17) is 0 Å². The number of piperidine rings is 1. The van der Waals surface area contributed by atoms with Gasteiger partial charge in [-0.3, -0.25) is 9.59 Å². The van der Waals surface area contributed by atoms with E-state index in [-0.39, 0.29) is 23.1 Å². The lowest BCUT2D eigenvalue weighted by Gasteiger charge is -2.31. The molecule has 7 heteroatoms. The molecule has 0 bridgehead atoms. The van der Waals surface area contributed by atoms with Crippen molar-refractivity contribution in [3.63, 3.8) is 0 Å². The van der Waals surface area contributed by atoms with Crippen LogP contribution >= 0.6 is 0 Å². The molecule has 1 saturated heterocycles. The van der Waals surface area contributed by atoms with Gasteiger partial charge in [0.1, 0.15) is 0 Å². The molecule has 0 unspecified atom stereocenters. The Kier molecular flexibility index (Phi) is 6.48.